The highest BCUT2D eigenvalue weighted by Gasteiger charge is 2.24. The van der Waals surface area contributed by atoms with E-state index in [1.807, 2.05) is 0 Å². The molecule has 0 saturated heterocycles. The van der Waals surface area contributed by atoms with Crippen LogP contribution in [0.15, 0.2) is 0 Å². The zero-order valence-electron chi connectivity index (χ0n) is 7.56. The van der Waals surface area contributed by atoms with Crippen molar-refractivity contribution in [3.63, 3.8) is 0 Å². The molecule has 0 nitrogen and oxygen atoms in total. The summed E-state index contributed by atoms with van der Waals surface area (Å²) in [5, 5.41) is 0. The molecule has 0 heterocycles. The number of hydrogen-bond donors (Lipinski definition) is 0. The molecule has 0 aromatic heterocycles. The van der Waals surface area contributed by atoms with Crippen molar-refractivity contribution in [3.05, 3.63) is 0 Å². The first kappa shape index (κ1) is 8.10. The van der Waals surface area contributed by atoms with Crippen LogP contribution in [0.2, 0.25) is 0 Å². The van der Waals surface area contributed by atoms with Crippen molar-refractivity contribution >= 4 is 0 Å². The third kappa shape index (κ3) is 1.74. The van der Waals surface area contributed by atoms with Crippen LogP contribution >= 0.6 is 0 Å². The second-order valence-corrected chi connectivity index (χ2v) is 4.09. The van der Waals surface area contributed by atoms with E-state index in [9.17, 15) is 0 Å². The van der Waals surface area contributed by atoms with Gasteiger partial charge < -0.3 is 0 Å². The monoisotopic (exact) mass is 140 g/mol. The Kier molecular flexibility index (Phi) is 2.76. The molecule has 0 bridgehead atoms. The van der Waals surface area contributed by atoms with Gasteiger partial charge in [0, 0.05) is 0 Å². The van der Waals surface area contributed by atoms with Gasteiger partial charge in [-0.15, -0.1) is 0 Å². The summed E-state index contributed by atoms with van der Waals surface area (Å²) in [4.78, 5) is 0. The zero-order valence-corrected chi connectivity index (χ0v) is 7.56. The van der Waals surface area contributed by atoms with E-state index in [-0.39, 0.29) is 0 Å². The van der Waals surface area contributed by atoms with Crippen LogP contribution in [0.3, 0.4) is 0 Å². The molecule has 0 N–H and O–H groups in total. The fourth-order valence-corrected chi connectivity index (χ4v) is 2.09. The minimum absolute atomic E-state index is 0.927. The maximum atomic E-state index is 2.36. The van der Waals surface area contributed by atoms with Gasteiger partial charge in [-0.1, -0.05) is 33.6 Å². The lowest BCUT2D eigenvalue weighted by Crippen LogP contribution is -2.03. The first-order chi connectivity index (χ1) is 4.74. The number of rotatable bonds is 2. The average molecular weight is 140 g/mol. The highest BCUT2D eigenvalue weighted by Crippen LogP contribution is 2.36. The van der Waals surface area contributed by atoms with E-state index >= 15 is 0 Å². The molecule has 1 saturated carbocycles. The molecule has 0 spiro atoms. The SMILES string of the molecule is CC[C@H]1CC[C@@H](C(C)C)C1. The lowest BCUT2D eigenvalue weighted by molar-refractivity contribution is 0.376. The van der Waals surface area contributed by atoms with E-state index in [4.69, 9.17) is 0 Å². The van der Waals surface area contributed by atoms with Crippen LogP contribution in [-0.2, 0) is 0 Å². The van der Waals surface area contributed by atoms with Crippen LogP contribution in [0.4, 0.5) is 0 Å². The van der Waals surface area contributed by atoms with Gasteiger partial charge in [0.1, 0.15) is 0 Å². The molecular formula is C10H20. The van der Waals surface area contributed by atoms with Crippen molar-refractivity contribution < 1.29 is 0 Å². The summed E-state index contributed by atoms with van der Waals surface area (Å²) < 4.78 is 0. The van der Waals surface area contributed by atoms with Crippen LogP contribution in [0, 0.1) is 17.8 Å². The standard InChI is InChI=1S/C10H20/c1-4-9-5-6-10(7-9)8(2)3/h8-10H,4-7H2,1-3H3/t9-,10+/m0/s1. The van der Waals surface area contributed by atoms with Crippen LogP contribution in [0.25, 0.3) is 0 Å². The van der Waals surface area contributed by atoms with E-state index in [2.05, 4.69) is 20.8 Å². The Morgan fingerprint density at radius 1 is 1.30 bits per heavy atom. The quantitative estimate of drug-likeness (QED) is 0.551. The minimum Gasteiger partial charge on any atom is -0.0651 e. The second kappa shape index (κ2) is 3.41. The number of hydrogen-bond acceptors (Lipinski definition) is 0. The fourth-order valence-electron chi connectivity index (χ4n) is 2.09. The van der Waals surface area contributed by atoms with Gasteiger partial charge in [-0.05, 0) is 30.6 Å². The maximum Gasteiger partial charge on any atom is -0.0388 e. The molecule has 0 radical (unpaired) electrons. The summed E-state index contributed by atoms with van der Waals surface area (Å²) in [6, 6.07) is 0. The molecule has 1 rings (SSSR count). The van der Waals surface area contributed by atoms with Crippen molar-refractivity contribution in [2.24, 2.45) is 17.8 Å². The van der Waals surface area contributed by atoms with Gasteiger partial charge >= 0.3 is 0 Å². The van der Waals surface area contributed by atoms with Crippen LogP contribution in [0.5, 0.6) is 0 Å². The predicted molar refractivity (Wildman–Crippen MR) is 46.0 cm³/mol. The molecule has 0 aromatic rings. The van der Waals surface area contributed by atoms with E-state index in [1.165, 1.54) is 25.7 Å². The van der Waals surface area contributed by atoms with Gasteiger partial charge in [0.05, 0.1) is 0 Å². The summed E-state index contributed by atoms with van der Waals surface area (Å²) in [6.07, 6.45) is 5.91. The van der Waals surface area contributed by atoms with Gasteiger partial charge in [-0.3, -0.25) is 0 Å². The van der Waals surface area contributed by atoms with Crippen LogP contribution in [-0.4, -0.2) is 0 Å². The second-order valence-electron chi connectivity index (χ2n) is 4.09. The molecule has 1 aliphatic carbocycles. The van der Waals surface area contributed by atoms with Gasteiger partial charge in [-0.25, -0.2) is 0 Å². The first-order valence-corrected chi connectivity index (χ1v) is 4.74. The largest absolute Gasteiger partial charge is 0.0651 e. The summed E-state index contributed by atoms with van der Waals surface area (Å²) >= 11 is 0. The average Bonchev–Trinajstić information content (AvgIpc) is 2.34. The Morgan fingerprint density at radius 3 is 2.30 bits per heavy atom. The predicted octanol–water partition coefficient (Wildman–Crippen LogP) is 3.47. The van der Waals surface area contributed by atoms with Gasteiger partial charge in [0.15, 0.2) is 0 Å². The van der Waals surface area contributed by atoms with E-state index < -0.39 is 0 Å². The zero-order chi connectivity index (χ0) is 7.56. The van der Waals surface area contributed by atoms with Crippen molar-refractivity contribution in [1.82, 2.24) is 0 Å². The molecular weight excluding hydrogens is 120 g/mol. The topological polar surface area (TPSA) is 0 Å². The van der Waals surface area contributed by atoms with Crippen molar-refractivity contribution in [2.75, 3.05) is 0 Å². The lowest BCUT2D eigenvalue weighted by Gasteiger charge is -2.13. The van der Waals surface area contributed by atoms with E-state index in [0.717, 1.165) is 17.8 Å². The maximum absolute atomic E-state index is 2.36. The minimum atomic E-state index is 0.927. The normalized spacial score (nSPS) is 33.6. The molecule has 0 amide bonds. The molecule has 10 heavy (non-hydrogen) atoms. The fraction of sp³-hybridized carbons (Fsp3) is 1.00. The first-order valence-electron chi connectivity index (χ1n) is 4.74. The Balaban J connectivity index is 2.28. The van der Waals surface area contributed by atoms with E-state index in [0.29, 0.717) is 0 Å². The molecule has 0 aromatic carbocycles. The third-order valence-corrected chi connectivity index (χ3v) is 3.10. The summed E-state index contributed by atoms with van der Waals surface area (Å²) in [5.41, 5.74) is 0. The van der Waals surface area contributed by atoms with Gasteiger partial charge in [-0.2, -0.15) is 0 Å². The molecule has 1 aliphatic rings. The molecule has 0 unspecified atom stereocenters. The Bertz CT molecular complexity index is 94.2. The molecule has 0 heteroatoms. The summed E-state index contributed by atoms with van der Waals surface area (Å²) in [5.74, 6) is 3.04. The summed E-state index contributed by atoms with van der Waals surface area (Å²) in [7, 11) is 0. The molecule has 2 atom stereocenters. The van der Waals surface area contributed by atoms with Crippen molar-refractivity contribution in [1.29, 1.82) is 0 Å². The van der Waals surface area contributed by atoms with Gasteiger partial charge in [0.25, 0.3) is 0 Å². The van der Waals surface area contributed by atoms with Crippen LogP contribution < -0.4 is 0 Å². The highest BCUT2D eigenvalue weighted by atomic mass is 14.3. The summed E-state index contributed by atoms with van der Waals surface area (Å²) in [6.45, 7) is 7.05. The molecule has 0 aliphatic heterocycles. The Morgan fingerprint density at radius 2 is 2.00 bits per heavy atom. The Labute approximate surface area is 65.0 Å². The molecule has 1 fully saturated rings. The third-order valence-electron chi connectivity index (χ3n) is 3.10. The highest BCUT2D eigenvalue weighted by molar-refractivity contribution is 4.76. The van der Waals surface area contributed by atoms with E-state index in [1.54, 1.807) is 0 Å². The molecule has 60 valence electrons. The Hall–Kier alpha value is 0. The van der Waals surface area contributed by atoms with Gasteiger partial charge in [0.2, 0.25) is 0 Å². The van der Waals surface area contributed by atoms with Crippen molar-refractivity contribution in [3.8, 4) is 0 Å². The lowest BCUT2D eigenvalue weighted by atomic mass is 9.93. The van der Waals surface area contributed by atoms with Crippen LogP contribution in [0.1, 0.15) is 46.5 Å². The smallest absolute Gasteiger partial charge is 0.0388 e. The van der Waals surface area contributed by atoms with Crippen molar-refractivity contribution in [2.45, 2.75) is 46.5 Å².